The summed E-state index contributed by atoms with van der Waals surface area (Å²) in [7, 11) is -3.85. The van der Waals surface area contributed by atoms with Crippen molar-refractivity contribution in [2.45, 2.75) is 18.7 Å². The molecule has 0 radical (unpaired) electrons. The van der Waals surface area contributed by atoms with Gasteiger partial charge in [0.25, 0.3) is 15.9 Å². The highest BCUT2D eigenvalue weighted by Gasteiger charge is 2.25. The molecule has 0 saturated heterocycles. The van der Waals surface area contributed by atoms with E-state index in [1.54, 1.807) is 26.0 Å². The molecule has 2 N–H and O–H groups in total. The highest BCUT2D eigenvalue weighted by Crippen LogP contribution is 2.26. The summed E-state index contributed by atoms with van der Waals surface area (Å²) in [6.45, 7) is 3.42. The van der Waals surface area contributed by atoms with Gasteiger partial charge in [-0.1, -0.05) is 18.2 Å². The van der Waals surface area contributed by atoms with Gasteiger partial charge in [-0.15, -0.1) is 0 Å². The summed E-state index contributed by atoms with van der Waals surface area (Å²) in [5.41, 5.74) is 2.77. The first-order chi connectivity index (χ1) is 13.3. The van der Waals surface area contributed by atoms with Crippen LogP contribution in [0.15, 0.2) is 62.8 Å². The number of fused-ring (bicyclic) bond motifs is 1. The highest BCUT2D eigenvalue weighted by atomic mass is 32.2. The number of benzene rings is 2. The maximum atomic E-state index is 12.5. The molecule has 1 aromatic heterocycles. The van der Waals surface area contributed by atoms with Crippen LogP contribution in [0.4, 0.5) is 17.4 Å². The molecule has 0 unspecified atom stereocenters. The van der Waals surface area contributed by atoms with E-state index in [1.165, 1.54) is 24.3 Å². The first kappa shape index (κ1) is 17.9. The van der Waals surface area contributed by atoms with Crippen molar-refractivity contribution >= 4 is 39.0 Å². The average molecular weight is 396 g/mol. The number of amides is 1. The van der Waals surface area contributed by atoms with E-state index >= 15 is 0 Å². The van der Waals surface area contributed by atoms with Crippen LogP contribution < -0.4 is 10.0 Å². The number of para-hydroxylation sites is 1. The second kappa shape index (κ2) is 6.61. The lowest BCUT2D eigenvalue weighted by Gasteiger charge is -2.05. The van der Waals surface area contributed by atoms with E-state index < -0.39 is 10.0 Å². The van der Waals surface area contributed by atoms with Crippen molar-refractivity contribution in [3.05, 3.63) is 65.5 Å². The lowest BCUT2D eigenvalue weighted by Crippen LogP contribution is -2.14. The number of oxazole rings is 1. The van der Waals surface area contributed by atoms with E-state index in [2.05, 4.69) is 20.0 Å². The van der Waals surface area contributed by atoms with Crippen LogP contribution in [0.1, 0.15) is 17.0 Å². The summed E-state index contributed by atoms with van der Waals surface area (Å²) in [4.78, 5) is 20.5. The van der Waals surface area contributed by atoms with Gasteiger partial charge in [0.1, 0.15) is 11.5 Å². The molecule has 0 saturated carbocycles. The van der Waals surface area contributed by atoms with Crippen molar-refractivity contribution in [1.82, 2.24) is 4.98 Å². The van der Waals surface area contributed by atoms with Gasteiger partial charge in [0.05, 0.1) is 22.0 Å². The number of hydrogen-bond donors (Lipinski definition) is 2. The number of nitrogens with one attached hydrogen (secondary N) is 2. The normalized spacial score (nSPS) is 14.8. The first-order valence-electron chi connectivity index (χ1n) is 8.40. The number of carbonyl (C=O) groups is 1. The van der Waals surface area contributed by atoms with E-state index in [1.807, 2.05) is 12.1 Å². The van der Waals surface area contributed by atoms with Gasteiger partial charge in [-0.2, -0.15) is 4.98 Å². The van der Waals surface area contributed by atoms with E-state index in [0.29, 0.717) is 28.4 Å². The molecule has 0 atom stereocenters. The molecule has 1 amide bonds. The number of rotatable bonds is 4. The number of anilines is 2. The summed E-state index contributed by atoms with van der Waals surface area (Å²) < 4.78 is 32.5. The van der Waals surface area contributed by atoms with Crippen LogP contribution in [-0.4, -0.2) is 25.0 Å². The first-order valence-corrected chi connectivity index (χ1v) is 9.88. The summed E-state index contributed by atoms with van der Waals surface area (Å²) >= 11 is 0. The van der Waals surface area contributed by atoms with E-state index in [0.717, 1.165) is 0 Å². The van der Waals surface area contributed by atoms with Crippen molar-refractivity contribution in [3.63, 3.8) is 0 Å². The lowest BCUT2D eigenvalue weighted by molar-refractivity contribution is -0.110. The Hall–Kier alpha value is -3.46. The Morgan fingerprint density at radius 1 is 1.07 bits per heavy atom. The van der Waals surface area contributed by atoms with Gasteiger partial charge in [0.15, 0.2) is 0 Å². The standard InChI is InChI=1S/C19H16N4O4S/c1-11-12(2)27-19(20-11)23-28(25,26)14-9-7-13(8-10-14)21-17-15-5-3-4-6-16(15)22-18(17)24/h3-10H,1-2H3,(H,20,23)(H,21,22,24). The molecule has 0 fully saturated rings. The predicted octanol–water partition coefficient (Wildman–Crippen LogP) is 3.17. The van der Waals surface area contributed by atoms with E-state index in [-0.39, 0.29) is 22.5 Å². The molecule has 1 aliphatic heterocycles. The maximum Gasteiger partial charge on any atom is 0.309 e. The topological polar surface area (TPSA) is 114 Å². The summed E-state index contributed by atoms with van der Waals surface area (Å²) in [5.74, 6) is 0.244. The third-order valence-corrected chi connectivity index (χ3v) is 5.62. The lowest BCUT2D eigenvalue weighted by atomic mass is 10.1. The molecule has 0 spiro atoms. The minimum Gasteiger partial charge on any atom is -0.428 e. The fourth-order valence-corrected chi connectivity index (χ4v) is 3.66. The molecular weight excluding hydrogens is 380 g/mol. The molecule has 9 heteroatoms. The minimum absolute atomic E-state index is 0.0289. The minimum atomic E-state index is -3.85. The zero-order valence-corrected chi connectivity index (χ0v) is 15.9. The van der Waals surface area contributed by atoms with Gasteiger partial charge in [-0.3, -0.25) is 4.79 Å². The molecule has 0 bridgehead atoms. The van der Waals surface area contributed by atoms with Crippen LogP contribution in [0.5, 0.6) is 0 Å². The van der Waals surface area contributed by atoms with Gasteiger partial charge in [-0.25, -0.2) is 18.1 Å². The number of sulfonamides is 1. The van der Waals surface area contributed by atoms with E-state index in [9.17, 15) is 13.2 Å². The summed E-state index contributed by atoms with van der Waals surface area (Å²) in [6.07, 6.45) is 0. The Morgan fingerprint density at radius 3 is 2.46 bits per heavy atom. The van der Waals surface area contributed by atoms with Gasteiger partial charge in [-0.05, 0) is 44.2 Å². The van der Waals surface area contributed by atoms with E-state index in [4.69, 9.17) is 4.42 Å². The molecule has 28 heavy (non-hydrogen) atoms. The number of nitrogens with zero attached hydrogens (tertiary/aromatic N) is 2. The van der Waals surface area contributed by atoms with Crippen LogP contribution in [0.25, 0.3) is 0 Å². The van der Waals surface area contributed by atoms with Gasteiger partial charge in [0.2, 0.25) is 0 Å². The quantitative estimate of drug-likeness (QED) is 0.703. The van der Waals surface area contributed by atoms with Crippen LogP contribution in [0, 0.1) is 13.8 Å². The Kier molecular flexibility index (Phi) is 4.23. The van der Waals surface area contributed by atoms with Crippen molar-refractivity contribution in [2.75, 3.05) is 10.0 Å². The fraction of sp³-hybridized carbons (Fsp3) is 0.105. The number of aryl methyl sites for hydroxylation is 2. The van der Waals surface area contributed by atoms with Gasteiger partial charge < -0.3 is 9.73 Å². The van der Waals surface area contributed by atoms with Crippen molar-refractivity contribution in [2.24, 2.45) is 4.99 Å². The molecule has 1 aliphatic rings. The smallest absolute Gasteiger partial charge is 0.309 e. The molecule has 4 rings (SSSR count). The third-order valence-electron chi connectivity index (χ3n) is 4.28. The van der Waals surface area contributed by atoms with Crippen LogP contribution in [0.2, 0.25) is 0 Å². The van der Waals surface area contributed by atoms with Crippen LogP contribution >= 0.6 is 0 Å². The van der Waals surface area contributed by atoms with Crippen molar-refractivity contribution in [3.8, 4) is 0 Å². The highest BCUT2D eigenvalue weighted by molar-refractivity contribution is 7.92. The zero-order chi connectivity index (χ0) is 19.9. The summed E-state index contributed by atoms with van der Waals surface area (Å²) in [5, 5.41) is 2.74. The summed E-state index contributed by atoms with van der Waals surface area (Å²) in [6, 6.07) is 13.0. The zero-order valence-electron chi connectivity index (χ0n) is 15.1. The van der Waals surface area contributed by atoms with Gasteiger partial charge in [0, 0.05) is 5.56 Å². The molecule has 3 aromatic rings. The van der Waals surface area contributed by atoms with Crippen molar-refractivity contribution in [1.29, 1.82) is 0 Å². The van der Waals surface area contributed by atoms with Crippen LogP contribution in [0.3, 0.4) is 0 Å². The number of carbonyl (C=O) groups excluding carboxylic acids is 1. The Balaban J connectivity index is 1.60. The number of aliphatic imine (C=N–C) groups is 1. The monoisotopic (exact) mass is 396 g/mol. The molecular formula is C19H16N4O4S. The average Bonchev–Trinajstić information content (AvgIpc) is 3.13. The van der Waals surface area contributed by atoms with Crippen LogP contribution in [-0.2, 0) is 14.8 Å². The Bertz CT molecular complexity index is 1190. The number of aromatic nitrogens is 1. The molecule has 2 aromatic carbocycles. The SMILES string of the molecule is Cc1nc(NS(=O)(=O)c2ccc(N=C3C(=O)Nc4ccccc43)cc2)oc1C. The second-order valence-electron chi connectivity index (χ2n) is 6.22. The molecule has 142 valence electrons. The molecule has 0 aliphatic carbocycles. The third kappa shape index (κ3) is 3.27. The second-order valence-corrected chi connectivity index (χ2v) is 7.90. The Morgan fingerprint density at radius 2 is 1.79 bits per heavy atom. The fourth-order valence-electron chi connectivity index (χ4n) is 2.73. The Labute approximate surface area is 161 Å². The maximum absolute atomic E-state index is 12.5. The molecule has 8 nitrogen and oxygen atoms in total. The predicted molar refractivity (Wildman–Crippen MR) is 104 cm³/mol. The van der Waals surface area contributed by atoms with Gasteiger partial charge >= 0.3 is 6.01 Å². The largest absolute Gasteiger partial charge is 0.428 e. The molecule has 2 heterocycles. The number of hydrogen-bond acceptors (Lipinski definition) is 6. The van der Waals surface area contributed by atoms with Crippen molar-refractivity contribution < 1.29 is 17.6 Å².